The van der Waals surface area contributed by atoms with Gasteiger partial charge in [0.1, 0.15) is 6.61 Å². The summed E-state index contributed by atoms with van der Waals surface area (Å²) in [6.45, 7) is 5.21. The molecule has 0 atom stereocenters. The Morgan fingerprint density at radius 2 is 2.57 bits per heavy atom. The summed E-state index contributed by atoms with van der Waals surface area (Å²) in [6.07, 6.45) is 3.15. The highest BCUT2D eigenvalue weighted by Crippen LogP contribution is 2.01. The standard InChI is InChI=1S/C10H18N2O2/c1-2-14-8-10(13)12-7-9-3-5-11-6-4-9/h3,11H,2,4-8H2,1H3,(H,12,13). The van der Waals surface area contributed by atoms with E-state index < -0.39 is 0 Å². The van der Waals surface area contributed by atoms with Crippen LogP contribution in [0.5, 0.6) is 0 Å². The van der Waals surface area contributed by atoms with Gasteiger partial charge in [-0.05, 0) is 19.9 Å². The minimum absolute atomic E-state index is 0.0358. The third-order valence-electron chi connectivity index (χ3n) is 2.11. The van der Waals surface area contributed by atoms with Crippen LogP contribution in [-0.2, 0) is 9.53 Å². The fourth-order valence-corrected chi connectivity index (χ4v) is 1.29. The first-order valence-corrected chi connectivity index (χ1v) is 5.06. The summed E-state index contributed by atoms with van der Waals surface area (Å²) in [6, 6.07) is 0. The molecule has 2 N–H and O–H groups in total. The van der Waals surface area contributed by atoms with Gasteiger partial charge in [0.25, 0.3) is 0 Å². The molecule has 14 heavy (non-hydrogen) atoms. The lowest BCUT2D eigenvalue weighted by atomic mass is 10.1. The van der Waals surface area contributed by atoms with E-state index in [-0.39, 0.29) is 12.5 Å². The van der Waals surface area contributed by atoms with E-state index in [4.69, 9.17) is 4.74 Å². The number of amides is 1. The SMILES string of the molecule is CCOCC(=O)NCC1=CCNCC1. The summed E-state index contributed by atoms with van der Waals surface area (Å²) in [5.41, 5.74) is 1.30. The molecule has 0 saturated heterocycles. The van der Waals surface area contributed by atoms with Gasteiger partial charge in [-0.15, -0.1) is 0 Å². The van der Waals surface area contributed by atoms with Crippen molar-refractivity contribution in [3.63, 3.8) is 0 Å². The molecule has 0 aliphatic carbocycles. The Hall–Kier alpha value is -0.870. The average Bonchev–Trinajstić information content (AvgIpc) is 2.25. The highest BCUT2D eigenvalue weighted by Gasteiger charge is 2.04. The molecule has 80 valence electrons. The lowest BCUT2D eigenvalue weighted by Gasteiger charge is -2.14. The van der Waals surface area contributed by atoms with Crippen LogP contribution in [0, 0.1) is 0 Å². The summed E-state index contributed by atoms with van der Waals surface area (Å²) in [4.78, 5) is 11.2. The summed E-state index contributed by atoms with van der Waals surface area (Å²) < 4.78 is 4.99. The Labute approximate surface area is 84.7 Å². The highest BCUT2D eigenvalue weighted by atomic mass is 16.5. The van der Waals surface area contributed by atoms with Crippen LogP contribution >= 0.6 is 0 Å². The maximum Gasteiger partial charge on any atom is 0.246 e. The normalized spacial score (nSPS) is 16.2. The molecule has 0 aromatic rings. The van der Waals surface area contributed by atoms with Crippen molar-refractivity contribution in [1.29, 1.82) is 0 Å². The third-order valence-corrected chi connectivity index (χ3v) is 2.11. The van der Waals surface area contributed by atoms with Crippen LogP contribution in [0.4, 0.5) is 0 Å². The van der Waals surface area contributed by atoms with Gasteiger partial charge in [-0.1, -0.05) is 11.6 Å². The van der Waals surface area contributed by atoms with Crippen LogP contribution in [0.1, 0.15) is 13.3 Å². The summed E-state index contributed by atoms with van der Waals surface area (Å²) in [5.74, 6) is -0.0358. The van der Waals surface area contributed by atoms with Crippen LogP contribution in [0.3, 0.4) is 0 Å². The first-order chi connectivity index (χ1) is 6.83. The van der Waals surface area contributed by atoms with Gasteiger partial charge in [-0.2, -0.15) is 0 Å². The minimum Gasteiger partial charge on any atom is -0.372 e. The lowest BCUT2D eigenvalue weighted by Crippen LogP contribution is -2.31. The number of ether oxygens (including phenoxy) is 1. The first kappa shape index (κ1) is 11.2. The van der Waals surface area contributed by atoms with E-state index >= 15 is 0 Å². The Morgan fingerprint density at radius 1 is 1.71 bits per heavy atom. The van der Waals surface area contributed by atoms with Crippen molar-refractivity contribution >= 4 is 5.91 Å². The Morgan fingerprint density at radius 3 is 3.21 bits per heavy atom. The monoisotopic (exact) mass is 198 g/mol. The molecule has 0 aromatic heterocycles. The van der Waals surface area contributed by atoms with Gasteiger partial charge in [0.05, 0.1) is 0 Å². The maximum atomic E-state index is 11.2. The fraction of sp³-hybridized carbons (Fsp3) is 0.700. The number of hydrogen-bond donors (Lipinski definition) is 2. The number of hydrogen-bond acceptors (Lipinski definition) is 3. The molecular formula is C10H18N2O2. The van der Waals surface area contributed by atoms with E-state index in [0.717, 1.165) is 19.5 Å². The van der Waals surface area contributed by atoms with Crippen molar-refractivity contribution in [2.45, 2.75) is 13.3 Å². The van der Waals surface area contributed by atoms with Gasteiger partial charge in [0.2, 0.25) is 5.91 Å². The van der Waals surface area contributed by atoms with Crippen molar-refractivity contribution in [2.75, 3.05) is 32.8 Å². The van der Waals surface area contributed by atoms with Crippen molar-refractivity contribution in [3.8, 4) is 0 Å². The van der Waals surface area contributed by atoms with Gasteiger partial charge in [0, 0.05) is 19.7 Å². The molecule has 0 fully saturated rings. The van der Waals surface area contributed by atoms with Crippen molar-refractivity contribution in [3.05, 3.63) is 11.6 Å². The predicted molar refractivity (Wildman–Crippen MR) is 55.1 cm³/mol. The molecule has 0 spiro atoms. The minimum atomic E-state index is -0.0358. The van der Waals surface area contributed by atoms with Crippen LogP contribution < -0.4 is 10.6 Å². The zero-order chi connectivity index (χ0) is 10.2. The number of carbonyl (C=O) groups excluding carboxylic acids is 1. The Kier molecular flexibility index (Phi) is 5.25. The zero-order valence-corrected chi connectivity index (χ0v) is 8.64. The second kappa shape index (κ2) is 6.56. The molecule has 1 heterocycles. The number of rotatable bonds is 5. The van der Waals surface area contributed by atoms with Crippen LogP contribution in [0.15, 0.2) is 11.6 Å². The predicted octanol–water partition coefficient (Wildman–Crippen LogP) is 0.0588. The van der Waals surface area contributed by atoms with Gasteiger partial charge >= 0.3 is 0 Å². The molecule has 0 bridgehead atoms. The topological polar surface area (TPSA) is 50.4 Å². The van der Waals surface area contributed by atoms with E-state index in [9.17, 15) is 4.79 Å². The van der Waals surface area contributed by atoms with E-state index in [2.05, 4.69) is 16.7 Å². The zero-order valence-electron chi connectivity index (χ0n) is 8.64. The van der Waals surface area contributed by atoms with Crippen molar-refractivity contribution in [2.24, 2.45) is 0 Å². The summed E-state index contributed by atoms with van der Waals surface area (Å²) in [5, 5.41) is 6.05. The van der Waals surface area contributed by atoms with Gasteiger partial charge < -0.3 is 15.4 Å². The highest BCUT2D eigenvalue weighted by molar-refractivity contribution is 5.77. The van der Waals surface area contributed by atoms with E-state index in [1.807, 2.05) is 6.92 Å². The molecule has 4 heteroatoms. The summed E-state index contributed by atoms with van der Waals surface area (Å²) >= 11 is 0. The van der Waals surface area contributed by atoms with Crippen LogP contribution in [-0.4, -0.2) is 38.8 Å². The number of nitrogens with one attached hydrogen (secondary N) is 2. The number of carbonyl (C=O) groups is 1. The molecule has 0 unspecified atom stereocenters. The molecule has 4 nitrogen and oxygen atoms in total. The van der Waals surface area contributed by atoms with Gasteiger partial charge in [-0.25, -0.2) is 0 Å². The molecular weight excluding hydrogens is 180 g/mol. The maximum absolute atomic E-state index is 11.2. The van der Waals surface area contributed by atoms with E-state index in [0.29, 0.717) is 13.2 Å². The molecule has 1 aliphatic rings. The smallest absolute Gasteiger partial charge is 0.246 e. The van der Waals surface area contributed by atoms with Crippen LogP contribution in [0.25, 0.3) is 0 Å². The second-order valence-corrected chi connectivity index (χ2v) is 3.23. The van der Waals surface area contributed by atoms with E-state index in [1.165, 1.54) is 5.57 Å². The van der Waals surface area contributed by atoms with E-state index in [1.54, 1.807) is 0 Å². The fourth-order valence-electron chi connectivity index (χ4n) is 1.29. The average molecular weight is 198 g/mol. The quantitative estimate of drug-likeness (QED) is 0.614. The van der Waals surface area contributed by atoms with Gasteiger partial charge in [-0.3, -0.25) is 4.79 Å². The summed E-state index contributed by atoms with van der Waals surface area (Å²) in [7, 11) is 0. The third kappa shape index (κ3) is 4.39. The first-order valence-electron chi connectivity index (χ1n) is 5.06. The molecule has 0 saturated carbocycles. The van der Waals surface area contributed by atoms with Gasteiger partial charge in [0.15, 0.2) is 0 Å². The lowest BCUT2D eigenvalue weighted by molar-refractivity contribution is -0.125. The molecule has 1 amide bonds. The van der Waals surface area contributed by atoms with Crippen molar-refractivity contribution < 1.29 is 9.53 Å². The molecule has 0 aromatic carbocycles. The molecule has 1 rings (SSSR count). The Bertz CT molecular complexity index is 214. The Balaban J connectivity index is 2.12. The van der Waals surface area contributed by atoms with Crippen molar-refractivity contribution in [1.82, 2.24) is 10.6 Å². The molecule has 1 aliphatic heterocycles. The molecule has 0 radical (unpaired) electrons. The largest absolute Gasteiger partial charge is 0.372 e. The van der Waals surface area contributed by atoms with Crippen LogP contribution in [0.2, 0.25) is 0 Å². The second-order valence-electron chi connectivity index (χ2n) is 3.23.